The van der Waals surface area contributed by atoms with Gasteiger partial charge in [0.1, 0.15) is 0 Å². The van der Waals surface area contributed by atoms with Gasteiger partial charge in [0.2, 0.25) is 0 Å². The third-order valence-electron chi connectivity index (χ3n) is 0. The number of hydrogen-bond donors (Lipinski definition) is 0. The average molecular weight is 151 g/mol. The number of hydrogen-bond acceptors (Lipinski definition) is 0. The monoisotopic (exact) mass is 150 g/mol. The van der Waals surface area contributed by atoms with Crippen molar-refractivity contribution in [1.29, 1.82) is 0 Å². The molecule has 0 fully saturated rings. The van der Waals surface area contributed by atoms with Gasteiger partial charge in [-0.2, -0.15) is 0 Å². The van der Waals surface area contributed by atoms with Crippen LogP contribution in [0.4, 0.5) is 0 Å². The molecule has 5 heavy (non-hydrogen) atoms. The predicted molar refractivity (Wildman–Crippen MR) is 23.0 cm³/mol. The van der Waals surface area contributed by atoms with E-state index in [0.29, 0.717) is 0 Å². The Balaban J connectivity index is 0. The Morgan fingerprint density at radius 2 is 0.400 bits per heavy atom. The van der Waals surface area contributed by atoms with Crippen molar-refractivity contribution in [2.24, 2.45) is 0 Å². The largest absolute Gasteiger partial charge is 0 e. The van der Waals surface area contributed by atoms with Crippen LogP contribution in [0.25, 0.3) is 0 Å². The summed E-state index contributed by atoms with van der Waals surface area (Å²) in [5.41, 5.74) is 0. The Kier molecular flexibility index (Phi) is 160. The first-order valence-electron chi connectivity index (χ1n) is 0. The second kappa shape index (κ2) is 23.6. The molecular weight excluding hydrogens is 151 g/mol. The third-order valence-corrected chi connectivity index (χ3v) is 0. The van der Waals surface area contributed by atoms with E-state index >= 15 is 0 Å². The second-order valence-electron chi connectivity index (χ2n) is 0. The molecule has 0 aliphatic carbocycles. The Morgan fingerprint density at radius 3 is 0.400 bits per heavy atom. The van der Waals surface area contributed by atoms with Crippen LogP contribution >= 0.6 is 0 Å². The van der Waals surface area contributed by atoms with Crippen molar-refractivity contribution in [3.8, 4) is 0 Å². The maximum Gasteiger partial charge on any atom is 0 e. The van der Waals surface area contributed by atoms with Crippen LogP contribution in [0.1, 0.15) is 0 Å². The molecule has 14 valence electrons. The van der Waals surface area contributed by atoms with E-state index in [9.17, 15) is 0 Å². The molecule has 0 nitrogen and oxygen atoms in total. The standard InChI is InChI=1S/4Na.Ni. The molecule has 0 bridgehead atoms. The number of rotatable bonds is 0. The second-order valence-corrected chi connectivity index (χ2v) is 0. The Labute approximate surface area is 131 Å². The van der Waals surface area contributed by atoms with E-state index in [0.717, 1.165) is 0 Å². The molecule has 0 rings (SSSR count). The van der Waals surface area contributed by atoms with E-state index in [1.54, 1.807) is 0 Å². The first-order chi connectivity index (χ1) is 0. The van der Waals surface area contributed by atoms with Crippen molar-refractivity contribution in [2.45, 2.75) is 0 Å². The van der Waals surface area contributed by atoms with Gasteiger partial charge in [0.15, 0.2) is 0 Å². The molecule has 0 unspecified atom stereocenters. The maximum atomic E-state index is 0. The van der Waals surface area contributed by atoms with E-state index in [4.69, 9.17) is 0 Å². The molecule has 0 N–H and O–H groups in total. The molecule has 5 heteroatoms. The Hall–Kier alpha value is 4.49. The van der Waals surface area contributed by atoms with Gasteiger partial charge in [-0.3, -0.25) is 0 Å². The zero-order valence-electron chi connectivity index (χ0n) is 4.32. The van der Waals surface area contributed by atoms with Crippen LogP contribution in [0, 0.1) is 0 Å². The van der Waals surface area contributed by atoms with Crippen molar-refractivity contribution < 1.29 is 16.5 Å². The minimum Gasteiger partial charge on any atom is 0 e. The summed E-state index contributed by atoms with van der Waals surface area (Å²) in [4.78, 5) is 0. The van der Waals surface area contributed by atoms with E-state index in [1.807, 2.05) is 0 Å². The molecule has 0 spiro atoms. The van der Waals surface area contributed by atoms with E-state index in [-0.39, 0.29) is 135 Å². The summed E-state index contributed by atoms with van der Waals surface area (Å²) in [5.74, 6) is 0. The molecule has 0 aliphatic heterocycles. The first-order valence-corrected chi connectivity index (χ1v) is 0. The van der Waals surface area contributed by atoms with Crippen molar-refractivity contribution in [1.82, 2.24) is 0 Å². The molecule has 0 saturated heterocycles. The minimum absolute atomic E-state index is 0. The zero-order valence-corrected chi connectivity index (χ0v) is 13.3. The summed E-state index contributed by atoms with van der Waals surface area (Å²) in [6.07, 6.45) is 0. The first kappa shape index (κ1) is 33.9. The van der Waals surface area contributed by atoms with Crippen LogP contribution < -0.4 is 0 Å². The molecule has 0 aromatic heterocycles. The van der Waals surface area contributed by atoms with Gasteiger partial charge < -0.3 is 0 Å². The Bertz CT molecular complexity index is 3.61. The smallest absolute Gasteiger partial charge is 0 e. The molecule has 4 radical (unpaired) electrons. The molecular formula is Na4Ni. The molecule has 0 saturated carbocycles. The van der Waals surface area contributed by atoms with Gasteiger partial charge in [-0.1, -0.05) is 0 Å². The zero-order chi connectivity index (χ0) is 0. The van der Waals surface area contributed by atoms with Gasteiger partial charge in [-0.05, 0) is 0 Å². The van der Waals surface area contributed by atoms with Gasteiger partial charge in [0.25, 0.3) is 0 Å². The predicted octanol–water partition coefficient (Wildman–Crippen LogP) is -1.53. The average Bonchev–Trinajstić information content (AvgIpc) is 0. The van der Waals surface area contributed by atoms with Crippen molar-refractivity contribution >= 4 is 118 Å². The van der Waals surface area contributed by atoms with Crippen LogP contribution in [-0.4, -0.2) is 118 Å². The third kappa shape index (κ3) is 17.7. The topological polar surface area (TPSA) is 0 Å². The molecule has 0 amide bonds. The summed E-state index contributed by atoms with van der Waals surface area (Å²) >= 11 is 0. The molecule has 0 aromatic rings. The van der Waals surface area contributed by atoms with Crippen LogP contribution in [-0.2, 0) is 16.5 Å². The fourth-order valence-corrected chi connectivity index (χ4v) is 0. The fraction of sp³-hybridized carbons (Fsp3) is 0. The van der Waals surface area contributed by atoms with E-state index in [2.05, 4.69) is 0 Å². The van der Waals surface area contributed by atoms with E-state index < -0.39 is 0 Å². The van der Waals surface area contributed by atoms with Crippen LogP contribution in [0.3, 0.4) is 0 Å². The van der Waals surface area contributed by atoms with Gasteiger partial charge in [-0.15, -0.1) is 0 Å². The summed E-state index contributed by atoms with van der Waals surface area (Å²) in [6.45, 7) is 0. The normalized spacial score (nSPS) is 0. The summed E-state index contributed by atoms with van der Waals surface area (Å²) < 4.78 is 0. The van der Waals surface area contributed by atoms with Crippen LogP contribution in [0.15, 0.2) is 0 Å². The minimum atomic E-state index is 0. The quantitative estimate of drug-likeness (QED) is 0.368. The fourth-order valence-electron chi connectivity index (χ4n) is 0. The summed E-state index contributed by atoms with van der Waals surface area (Å²) in [6, 6.07) is 0. The van der Waals surface area contributed by atoms with Gasteiger partial charge in [0.05, 0.1) is 0 Å². The van der Waals surface area contributed by atoms with E-state index in [1.165, 1.54) is 0 Å². The Morgan fingerprint density at radius 1 is 0.400 bits per heavy atom. The molecule has 0 atom stereocenters. The maximum absolute atomic E-state index is 0. The van der Waals surface area contributed by atoms with Crippen LogP contribution in [0.5, 0.6) is 0 Å². The summed E-state index contributed by atoms with van der Waals surface area (Å²) in [5, 5.41) is 0. The SMILES string of the molecule is [Na].[Na].[Na].[Na].[Ni]. The molecule has 0 heterocycles. The molecule has 0 aliphatic rings. The van der Waals surface area contributed by atoms with Crippen molar-refractivity contribution in [3.05, 3.63) is 0 Å². The molecule has 0 aromatic carbocycles. The van der Waals surface area contributed by atoms with Gasteiger partial charge in [0, 0.05) is 135 Å². The van der Waals surface area contributed by atoms with Crippen LogP contribution in [0.2, 0.25) is 0 Å². The van der Waals surface area contributed by atoms with Gasteiger partial charge in [-0.25, -0.2) is 0 Å². The summed E-state index contributed by atoms with van der Waals surface area (Å²) in [7, 11) is 0. The van der Waals surface area contributed by atoms with Gasteiger partial charge >= 0.3 is 0 Å². The van der Waals surface area contributed by atoms with Crippen molar-refractivity contribution in [3.63, 3.8) is 0 Å². The van der Waals surface area contributed by atoms with Crippen molar-refractivity contribution in [2.75, 3.05) is 0 Å².